The van der Waals surface area contributed by atoms with Crippen molar-refractivity contribution in [2.45, 2.75) is 279 Å². The van der Waals surface area contributed by atoms with Crippen LogP contribution in [0, 0.1) is 0 Å². The number of hydrogen-bond donors (Lipinski definition) is 6. The molecule has 21 heteroatoms. The zero-order chi connectivity index (χ0) is 61.4. The number of halogens is 6. The van der Waals surface area contributed by atoms with E-state index in [1.54, 1.807) is 0 Å². The Balaban J connectivity index is 6.54. The average molecular weight is 1610 g/mol. The van der Waals surface area contributed by atoms with E-state index in [1.807, 2.05) is 0 Å². The Morgan fingerprint density at radius 1 is 0.229 bits per heavy atom. The van der Waals surface area contributed by atoms with Crippen molar-refractivity contribution in [3.8, 4) is 0 Å². The van der Waals surface area contributed by atoms with Crippen LogP contribution in [0.3, 0.4) is 0 Å². The minimum absolute atomic E-state index is 0.153. The third kappa shape index (κ3) is 52.8. The lowest BCUT2D eigenvalue weighted by atomic mass is 10.2. The van der Waals surface area contributed by atoms with Gasteiger partial charge in [-0.2, -0.15) is 0 Å². The van der Waals surface area contributed by atoms with Crippen molar-refractivity contribution >= 4 is 155 Å². The molecule has 0 atom stereocenters. The number of alkyl halides is 6. The molecule has 12 nitrogen and oxygen atoms in total. The molecule has 6 N–H and O–H groups in total. The third-order valence-corrected chi connectivity index (χ3v) is 34.7. The Hall–Kier alpha value is 0.351. The molecule has 0 fully saturated rings. The van der Waals surface area contributed by atoms with Crippen LogP contribution in [0.15, 0.2) is 0 Å². The van der Waals surface area contributed by atoms with Gasteiger partial charge in [0.05, 0.1) is 16.1 Å². The van der Waals surface area contributed by atoms with Crippen LogP contribution >= 0.6 is 95.6 Å². The lowest BCUT2D eigenvalue weighted by Gasteiger charge is -2.35. The molecular formula is C62H120Br6N6O6Si3. The Kier molecular flexibility index (Phi) is 59.0. The summed E-state index contributed by atoms with van der Waals surface area (Å²) in [5, 5.41) is 25.4. The molecule has 488 valence electrons. The average Bonchev–Trinajstić information content (AvgIpc) is 3.51. The highest BCUT2D eigenvalue weighted by atomic mass is 79.9. The van der Waals surface area contributed by atoms with Crippen LogP contribution < -0.4 is 31.9 Å². The predicted molar refractivity (Wildman–Crippen MR) is 386 cm³/mol. The summed E-state index contributed by atoms with van der Waals surface area (Å²) >= 11 is 21.1. The maximum atomic E-state index is 12.9. The molecule has 0 heterocycles. The predicted octanol–water partition coefficient (Wildman–Crippen LogP) is 17.1. The van der Waals surface area contributed by atoms with E-state index in [2.05, 4.69) is 141 Å². The van der Waals surface area contributed by atoms with Gasteiger partial charge in [0.2, 0.25) is 35.4 Å². The van der Waals surface area contributed by atoms with Gasteiger partial charge in [-0.1, -0.05) is 220 Å². The molecule has 83 heavy (non-hydrogen) atoms. The van der Waals surface area contributed by atoms with Crippen LogP contribution in [0.5, 0.6) is 0 Å². The van der Waals surface area contributed by atoms with Gasteiger partial charge in [-0.15, -0.1) is 0 Å². The molecule has 0 spiro atoms. The zero-order valence-corrected chi connectivity index (χ0v) is 64.9. The second kappa shape index (κ2) is 58.7. The number of amides is 6. The van der Waals surface area contributed by atoms with Crippen LogP contribution in [0.2, 0.25) is 73.5 Å². The first kappa shape index (κ1) is 83.4. The Bertz CT molecular complexity index is 1360. The van der Waals surface area contributed by atoms with Crippen molar-refractivity contribution in [3.63, 3.8) is 0 Å². The molecule has 0 aliphatic heterocycles. The van der Waals surface area contributed by atoms with E-state index in [0.29, 0.717) is 77.8 Å². The number of carbonyl (C=O) groups excluding carboxylic acids is 6. The quantitative estimate of drug-likeness (QED) is 0.0201. The Morgan fingerprint density at radius 3 is 0.566 bits per heavy atom. The summed E-state index contributed by atoms with van der Waals surface area (Å²) in [6, 6.07) is 11.8. The number of hydrogen-bond acceptors (Lipinski definition) is 6. The van der Waals surface area contributed by atoms with E-state index >= 15 is 0 Å². The summed E-state index contributed by atoms with van der Waals surface area (Å²) in [6.45, 7) is 9.40. The van der Waals surface area contributed by atoms with Crippen LogP contribution in [-0.4, -0.2) is 131 Å². The molecule has 0 aromatic rings. The number of unbranched alkanes of at least 4 members (excludes halogenated alkanes) is 12. The summed E-state index contributed by atoms with van der Waals surface area (Å²) in [6.07, 6.45) is 30.0. The minimum Gasteiger partial charge on any atom is -0.356 e. The molecule has 0 aliphatic rings. The number of rotatable bonds is 62. The van der Waals surface area contributed by atoms with Gasteiger partial charge < -0.3 is 31.9 Å². The van der Waals surface area contributed by atoms with Crippen LogP contribution in [-0.2, 0) is 28.8 Å². The molecule has 0 saturated carbocycles. The van der Waals surface area contributed by atoms with Crippen LogP contribution in [0.25, 0.3) is 0 Å². The lowest BCUT2D eigenvalue weighted by Crippen LogP contribution is -2.39. The normalized spacial score (nSPS) is 11.9. The fraction of sp³-hybridized carbons (Fsp3) is 0.903. The first-order valence-electron chi connectivity index (χ1n) is 33.1. The monoisotopic (exact) mass is 1600 g/mol. The highest BCUT2D eigenvalue weighted by Crippen LogP contribution is 2.37. The second-order valence-electron chi connectivity index (χ2n) is 24.6. The van der Waals surface area contributed by atoms with Gasteiger partial charge in [-0.05, 0) is 116 Å². The zero-order valence-electron chi connectivity index (χ0n) is 52.4. The molecule has 0 radical (unpaired) electrons. The summed E-state index contributed by atoms with van der Waals surface area (Å²) in [5.41, 5.74) is 0. The molecule has 0 saturated heterocycles. The molecule has 6 amide bonds. The summed E-state index contributed by atoms with van der Waals surface area (Å²) in [5.74, 6) is 0.918. The van der Waals surface area contributed by atoms with Gasteiger partial charge in [0.15, 0.2) is 0 Å². The van der Waals surface area contributed by atoms with E-state index in [4.69, 9.17) is 0 Å². The van der Waals surface area contributed by atoms with Crippen molar-refractivity contribution < 1.29 is 28.8 Å². The summed E-state index contributed by atoms with van der Waals surface area (Å²) in [7, 11) is -5.51. The Labute approximate surface area is 561 Å². The molecule has 0 aromatic carbocycles. The van der Waals surface area contributed by atoms with Gasteiger partial charge in [0.1, 0.15) is 0 Å². The van der Waals surface area contributed by atoms with E-state index < -0.39 is 24.2 Å². The van der Waals surface area contributed by atoms with Gasteiger partial charge >= 0.3 is 0 Å². The van der Waals surface area contributed by atoms with Gasteiger partial charge in [-0.3, -0.25) is 28.8 Å². The fourth-order valence-electron chi connectivity index (χ4n) is 11.5. The SMILES string of the molecule is C[Si](C)(CCC[Si](CCCNC(=O)CCCCCBr)(CCCNC(=O)CCCCCBr)CCCNC(=O)CCCCCBr)CCC[Si](CCCNC(=O)CCCCCBr)(CCCNC(=O)CCCCCBr)CCCNC(=O)CCCCCBr. The standard InChI is InChI=1S/C62H120Br6N6O6Si3/c1-81(2,47-27-55-82(49-21-41-69-57(75)29-9-3-15-35-63,50-22-42-70-58(76)30-10-4-16-36-64)51-23-43-71-59(77)31-11-5-17-37-65)48-28-56-83(52-24-44-72-60(78)32-12-6-18-38-66,53-25-45-73-61(79)33-13-7-19-39-67)54-26-46-74-62(80)34-14-8-20-40-68/h3-56H2,1-2H3,(H,69,75)(H,70,76)(H,71,77)(H,72,78)(H,73,79)(H,74,80). The largest absolute Gasteiger partial charge is 0.356 e. The number of nitrogens with one attached hydrogen (secondary N) is 6. The summed E-state index contributed by atoms with van der Waals surface area (Å²) in [4.78, 5) is 77.5. The summed E-state index contributed by atoms with van der Waals surface area (Å²) < 4.78 is 0. The van der Waals surface area contributed by atoms with Gasteiger partial charge in [0, 0.05) is 118 Å². The van der Waals surface area contributed by atoms with Gasteiger partial charge in [-0.25, -0.2) is 0 Å². The molecule has 0 aliphatic carbocycles. The van der Waals surface area contributed by atoms with Crippen molar-refractivity contribution in [1.82, 2.24) is 31.9 Å². The van der Waals surface area contributed by atoms with E-state index in [9.17, 15) is 28.8 Å². The first-order chi connectivity index (χ1) is 40.1. The molecule has 0 unspecified atom stereocenters. The fourth-order valence-corrected chi connectivity index (χ4v) is 27.5. The molecule has 0 aromatic heterocycles. The second-order valence-corrected chi connectivity index (χ2v) is 44.7. The number of carbonyl (C=O) groups is 6. The maximum absolute atomic E-state index is 12.9. The molecular weight excluding hydrogens is 1490 g/mol. The topological polar surface area (TPSA) is 175 Å². The van der Waals surface area contributed by atoms with Crippen molar-refractivity contribution in [1.29, 1.82) is 0 Å². The maximum Gasteiger partial charge on any atom is 0.219 e. The van der Waals surface area contributed by atoms with Gasteiger partial charge in [0.25, 0.3) is 0 Å². The lowest BCUT2D eigenvalue weighted by molar-refractivity contribution is -0.122. The van der Waals surface area contributed by atoms with E-state index in [-0.39, 0.29) is 35.4 Å². The van der Waals surface area contributed by atoms with E-state index in [1.165, 1.54) is 37.0 Å². The Morgan fingerprint density at radius 2 is 0.398 bits per heavy atom. The van der Waals surface area contributed by atoms with Crippen LogP contribution in [0.1, 0.15) is 205 Å². The highest BCUT2D eigenvalue weighted by Gasteiger charge is 2.35. The molecule has 0 rings (SSSR count). The highest BCUT2D eigenvalue weighted by molar-refractivity contribution is 9.10. The third-order valence-electron chi connectivity index (χ3n) is 16.6. The van der Waals surface area contributed by atoms with Crippen molar-refractivity contribution in [2.24, 2.45) is 0 Å². The van der Waals surface area contributed by atoms with Crippen LogP contribution in [0.4, 0.5) is 0 Å². The van der Waals surface area contributed by atoms with Crippen molar-refractivity contribution in [2.75, 3.05) is 71.2 Å². The minimum atomic E-state index is -1.93. The van der Waals surface area contributed by atoms with Crippen molar-refractivity contribution in [3.05, 3.63) is 0 Å². The van der Waals surface area contributed by atoms with E-state index in [0.717, 1.165) is 222 Å². The molecule has 0 bridgehead atoms. The smallest absolute Gasteiger partial charge is 0.219 e. The first-order valence-corrected chi connectivity index (χ1v) is 48.9.